The van der Waals surface area contributed by atoms with Crippen LogP contribution in [0.4, 0.5) is 0 Å². The highest BCUT2D eigenvalue weighted by atomic mass is 16.3. The number of aliphatic hydroxyl groups is 1. The van der Waals surface area contributed by atoms with Gasteiger partial charge in [0.25, 0.3) is 0 Å². The maximum atomic E-state index is 9.32. The highest BCUT2D eigenvalue weighted by molar-refractivity contribution is 5.78. The first-order valence-corrected chi connectivity index (χ1v) is 5.97. The van der Waals surface area contributed by atoms with E-state index in [-0.39, 0.29) is 6.10 Å². The molecule has 0 spiro atoms. The van der Waals surface area contributed by atoms with Crippen LogP contribution in [0.15, 0.2) is 4.99 Å². The smallest absolute Gasteiger partial charge is 0.188 e. The Morgan fingerprint density at radius 2 is 2.20 bits per heavy atom. The van der Waals surface area contributed by atoms with E-state index in [9.17, 15) is 5.11 Å². The number of nitrogens with two attached hydrogens (primary N) is 1. The molecule has 0 bridgehead atoms. The van der Waals surface area contributed by atoms with Gasteiger partial charge in [-0.3, -0.25) is 4.99 Å². The molecule has 1 fully saturated rings. The van der Waals surface area contributed by atoms with Crippen molar-refractivity contribution in [3.63, 3.8) is 0 Å². The maximum Gasteiger partial charge on any atom is 0.188 e. The second-order valence-corrected chi connectivity index (χ2v) is 4.24. The van der Waals surface area contributed by atoms with Crippen molar-refractivity contribution in [1.29, 1.82) is 0 Å². The number of nitrogens with one attached hydrogen (secondary N) is 1. The maximum absolute atomic E-state index is 9.32. The highest BCUT2D eigenvalue weighted by Gasteiger charge is 2.14. The van der Waals surface area contributed by atoms with Crippen molar-refractivity contribution < 1.29 is 5.11 Å². The fourth-order valence-electron chi connectivity index (χ4n) is 1.86. The minimum atomic E-state index is -0.243. The highest BCUT2D eigenvalue weighted by Crippen LogP contribution is 2.17. The van der Waals surface area contributed by atoms with Crippen LogP contribution in [0.3, 0.4) is 0 Å². The molecule has 0 aromatic rings. The van der Waals surface area contributed by atoms with E-state index in [1.807, 2.05) is 6.92 Å². The van der Waals surface area contributed by atoms with Crippen molar-refractivity contribution in [2.45, 2.75) is 57.6 Å². The van der Waals surface area contributed by atoms with E-state index in [2.05, 4.69) is 10.3 Å². The first kappa shape index (κ1) is 12.3. The van der Waals surface area contributed by atoms with Gasteiger partial charge in [0.15, 0.2) is 5.96 Å². The first-order valence-electron chi connectivity index (χ1n) is 5.97. The Bertz CT molecular complexity index is 200. The Kier molecular flexibility index (Phi) is 5.47. The lowest BCUT2D eigenvalue weighted by molar-refractivity contribution is 0.163. The molecular weight excluding hydrogens is 190 g/mol. The van der Waals surface area contributed by atoms with E-state index < -0.39 is 0 Å². The van der Waals surface area contributed by atoms with E-state index in [0.717, 1.165) is 6.42 Å². The standard InChI is InChI=1S/C11H23N3O/c1-2-10(15)7-8-13-11(12)14-9-5-3-4-6-9/h9-10,15H,2-8H2,1H3,(H3,12,13,14). The zero-order valence-corrected chi connectivity index (χ0v) is 9.58. The number of rotatable bonds is 5. The molecule has 4 heteroatoms. The fraction of sp³-hybridized carbons (Fsp3) is 0.909. The average molecular weight is 213 g/mol. The molecular formula is C11H23N3O. The normalized spacial score (nSPS) is 20.5. The van der Waals surface area contributed by atoms with Gasteiger partial charge in [0, 0.05) is 12.6 Å². The number of hydrogen-bond donors (Lipinski definition) is 3. The van der Waals surface area contributed by atoms with Crippen molar-refractivity contribution in [3.8, 4) is 0 Å². The summed E-state index contributed by atoms with van der Waals surface area (Å²) in [6.07, 6.45) is 6.23. The van der Waals surface area contributed by atoms with E-state index in [1.165, 1.54) is 25.7 Å². The van der Waals surface area contributed by atoms with Gasteiger partial charge in [-0.05, 0) is 25.7 Å². The number of hydrogen-bond acceptors (Lipinski definition) is 2. The molecule has 1 aliphatic rings. The van der Waals surface area contributed by atoms with Crippen LogP contribution in [-0.4, -0.2) is 29.8 Å². The van der Waals surface area contributed by atoms with Crippen molar-refractivity contribution in [1.82, 2.24) is 5.32 Å². The predicted molar refractivity (Wildman–Crippen MR) is 62.8 cm³/mol. The monoisotopic (exact) mass is 213 g/mol. The van der Waals surface area contributed by atoms with E-state index >= 15 is 0 Å². The molecule has 0 aliphatic heterocycles. The van der Waals surface area contributed by atoms with Crippen molar-refractivity contribution in [3.05, 3.63) is 0 Å². The lowest BCUT2D eigenvalue weighted by Crippen LogP contribution is -2.38. The van der Waals surface area contributed by atoms with E-state index in [4.69, 9.17) is 5.73 Å². The zero-order chi connectivity index (χ0) is 11.1. The third kappa shape index (κ3) is 5.02. The minimum Gasteiger partial charge on any atom is -0.393 e. The van der Waals surface area contributed by atoms with Crippen LogP contribution in [0.5, 0.6) is 0 Å². The molecule has 1 saturated carbocycles. The lowest BCUT2D eigenvalue weighted by Gasteiger charge is -2.12. The first-order chi connectivity index (χ1) is 7.22. The van der Waals surface area contributed by atoms with E-state index in [1.54, 1.807) is 0 Å². The second-order valence-electron chi connectivity index (χ2n) is 4.24. The fourth-order valence-corrected chi connectivity index (χ4v) is 1.86. The molecule has 1 unspecified atom stereocenters. The number of aliphatic hydroxyl groups excluding tert-OH is 1. The minimum absolute atomic E-state index is 0.243. The van der Waals surface area contributed by atoms with Crippen LogP contribution in [0.25, 0.3) is 0 Å². The van der Waals surface area contributed by atoms with Crippen molar-refractivity contribution in [2.24, 2.45) is 10.7 Å². The van der Waals surface area contributed by atoms with Gasteiger partial charge in [0.05, 0.1) is 6.10 Å². The van der Waals surface area contributed by atoms with Crippen LogP contribution in [0.2, 0.25) is 0 Å². The van der Waals surface area contributed by atoms with E-state index in [0.29, 0.717) is 25.0 Å². The van der Waals surface area contributed by atoms with Gasteiger partial charge < -0.3 is 16.2 Å². The van der Waals surface area contributed by atoms with Gasteiger partial charge in [-0.2, -0.15) is 0 Å². The number of guanidine groups is 1. The summed E-state index contributed by atoms with van der Waals surface area (Å²) < 4.78 is 0. The largest absolute Gasteiger partial charge is 0.393 e. The van der Waals surface area contributed by atoms with Crippen LogP contribution in [0.1, 0.15) is 45.4 Å². The third-order valence-corrected chi connectivity index (χ3v) is 2.92. The number of aliphatic imine (C=N–C) groups is 1. The Morgan fingerprint density at radius 3 is 2.80 bits per heavy atom. The Hall–Kier alpha value is -0.770. The summed E-state index contributed by atoms with van der Waals surface area (Å²) in [4.78, 5) is 4.20. The molecule has 1 atom stereocenters. The molecule has 0 aromatic carbocycles. The van der Waals surface area contributed by atoms with Gasteiger partial charge in [-0.1, -0.05) is 19.8 Å². The summed E-state index contributed by atoms with van der Waals surface area (Å²) in [7, 11) is 0. The molecule has 1 aliphatic carbocycles. The van der Waals surface area contributed by atoms with Crippen molar-refractivity contribution >= 4 is 5.96 Å². The molecule has 0 heterocycles. The molecule has 0 saturated heterocycles. The Morgan fingerprint density at radius 1 is 1.53 bits per heavy atom. The van der Waals surface area contributed by atoms with Crippen LogP contribution in [0, 0.1) is 0 Å². The predicted octanol–water partition coefficient (Wildman–Crippen LogP) is 0.994. The topological polar surface area (TPSA) is 70.6 Å². The average Bonchev–Trinajstić information content (AvgIpc) is 2.70. The summed E-state index contributed by atoms with van der Waals surface area (Å²) in [5, 5.41) is 12.5. The molecule has 1 rings (SSSR count). The summed E-state index contributed by atoms with van der Waals surface area (Å²) in [6, 6.07) is 0.518. The molecule has 0 radical (unpaired) electrons. The second kappa shape index (κ2) is 6.67. The summed E-state index contributed by atoms with van der Waals surface area (Å²) >= 11 is 0. The van der Waals surface area contributed by atoms with Gasteiger partial charge in [0.1, 0.15) is 0 Å². The molecule has 4 nitrogen and oxygen atoms in total. The van der Waals surface area contributed by atoms with Gasteiger partial charge in [-0.15, -0.1) is 0 Å². The van der Waals surface area contributed by atoms with Crippen LogP contribution < -0.4 is 11.1 Å². The molecule has 0 aromatic heterocycles. The molecule has 15 heavy (non-hydrogen) atoms. The van der Waals surface area contributed by atoms with Gasteiger partial charge in [0.2, 0.25) is 0 Å². The van der Waals surface area contributed by atoms with Crippen molar-refractivity contribution in [2.75, 3.05) is 6.54 Å². The summed E-state index contributed by atoms with van der Waals surface area (Å²) in [5.41, 5.74) is 5.74. The molecule has 4 N–H and O–H groups in total. The molecule has 0 amide bonds. The lowest BCUT2D eigenvalue weighted by atomic mass is 10.2. The van der Waals surface area contributed by atoms with Crippen LogP contribution in [-0.2, 0) is 0 Å². The molecule has 88 valence electrons. The summed E-state index contributed by atoms with van der Waals surface area (Å²) in [6.45, 7) is 2.58. The Balaban J connectivity index is 2.14. The quantitative estimate of drug-likeness (QED) is 0.471. The Labute approximate surface area is 92.0 Å². The SMILES string of the molecule is CCC(O)CCN=C(N)NC1CCCC1. The van der Waals surface area contributed by atoms with Gasteiger partial charge >= 0.3 is 0 Å². The summed E-state index contributed by atoms with van der Waals surface area (Å²) in [5.74, 6) is 0.533. The zero-order valence-electron chi connectivity index (χ0n) is 9.58. The number of nitrogens with zero attached hydrogens (tertiary/aromatic N) is 1. The van der Waals surface area contributed by atoms with Crippen LogP contribution >= 0.6 is 0 Å². The van der Waals surface area contributed by atoms with Gasteiger partial charge in [-0.25, -0.2) is 0 Å². The third-order valence-electron chi connectivity index (χ3n) is 2.92.